The number of amides is 1. The third-order valence-electron chi connectivity index (χ3n) is 3.21. The first-order valence-corrected chi connectivity index (χ1v) is 13.3. The van der Waals surface area contributed by atoms with Crippen molar-refractivity contribution in [2.45, 2.75) is 32.5 Å². The lowest BCUT2D eigenvalue weighted by molar-refractivity contribution is -0.116. The number of anilines is 1. The van der Waals surface area contributed by atoms with E-state index in [4.69, 9.17) is 32.0 Å². The molecule has 0 unspecified atom stereocenters. The van der Waals surface area contributed by atoms with Gasteiger partial charge in [0.05, 0.1) is 5.02 Å². The van der Waals surface area contributed by atoms with Crippen LogP contribution in [0.15, 0.2) is 22.6 Å². The van der Waals surface area contributed by atoms with Crippen LogP contribution >= 0.6 is 39.1 Å². The fourth-order valence-corrected chi connectivity index (χ4v) is 3.62. The molecule has 2 N–H and O–H groups in total. The van der Waals surface area contributed by atoms with E-state index >= 15 is 0 Å². The topological polar surface area (TPSA) is 71.7 Å². The van der Waals surface area contributed by atoms with Crippen LogP contribution in [-0.2, 0) is 4.79 Å². The summed E-state index contributed by atoms with van der Waals surface area (Å²) >= 11 is 15.5. The molecule has 0 bridgehead atoms. The van der Waals surface area contributed by atoms with Gasteiger partial charge in [0.2, 0.25) is 31.6 Å². The van der Waals surface area contributed by atoms with Crippen LogP contribution < -0.4 is 9.74 Å². The highest BCUT2D eigenvalue weighted by Crippen LogP contribution is 2.49. The third kappa shape index (κ3) is 5.42. The van der Waals surface area contributed by atoms with Gasteiger partial charge in [-0.25, -0.2) is 0 Å². The number of alkyl halides is 1. The summed E-state index contributed by atoms with van der Waals surface area (Å²) in [5.74, 6) is -0.172. The SMILES string of the molecule is C[Si](C)(C)Oc1c(NC(=O)CCCBr)oc(-c2cc(Cl)ccc2Cl)c1O. The Bertz CT molecular complexity index is 805. The second-order valence-electron chi connectivity index (χ2n) is 6.62. The van der Waals surface area contributed by atoms with Gasteiger partial charge >= 0.3 is 0 Å². The van der Waals surface area contributed by atoms with Gasteiger partial charge in [-0.15, -0.1) is 0 Å². The maximum atomic E-state index is 12.1. The molecule has 5 nitrogen and oxygen atoms in total. The second kappa shape index (κ2) is 8.69. The van der Waals surface area contributed by atoms with E-state index < -0.39 is 8.32 Å². The monoisotopic (exact) mass is 479 g/mol. The van der Waals surface area contributed by atoms with E-state index in [0.29, 0.717) is 33.8 Å². The smallest absolute Gasteiger partial charge is 0.245 e. The molecule has 9 heteroatoms. The zero-order chi connectivity index (χ0) is 19.5. The predicted octanol–water partition coefficient (Wildman–Crippen LogP) is 6.29. The van der Waals surface area contributed by atoms with E-state index in [9.17, 15) is 9.90 Å². The number of halogens is 3. The Morgan fingerprint density at radius 1 is 1.35 bits per heavy atom. The van der Waals surface area contributed by atoms with Crippen LogP contribution in [0.2, 0.25) is 29.7 Å². The minimum Gasteiger partial charge on any atom is -0.538 e. The zero-order valence-electron chi connectivity index (χ0n) is 14.7. The molecule has 0 aliphatic rings. The molecule has 1 heterocycles. The highest BCUT2D eigenvalue weighted by molar-refractivity contribution is 9.09. The van der Waals surface area contributed by atoms with Crippen LogP contribution in [0.5, 0.6) is 11.5 Å². The normalized spacial score (nSPS) is 11.5. The number of aromatic hydroxyl groups is 1. The molecule has 0 atom stereocenters. The number of rotatable bonds is 7. The Kier molecular flexibility index (Phi) is 7.07. The summed E-state index contributed by atoms with van der Waals surface area (Å²) in [5.41, 5.74) is 0.415. The minimum absolute atomic E-state index is 0.0653. The van der Waals surface area contributed by atoms with Crippen LogP contribution in [0.4, 0.5) is 5.88 Å². The molecule has 142 valence electrons. The average Bonchev–Trinajstić information content (AvgIpc) is 2.83. The summed E-state index contributed by atoms with van der Waals surface area (Å²) in [4.78, 5) is 12.1. The Labute approximate surface area is 171 Å². The molecule has 0 spiro atoms. The van der Waals surface area contributed by atoms with E-state index in [2.05, 4.69) is 21.2 Å². The van der Waals surface area contributed by atoms with Crippen molar-refractivity contribution in [2.24, 2.45) is 0 Å². The number of benzene rings is 1. The first kappa shape index (κ1) is 21.2. The maximum absolute atomic E-state index is 12.1. The molecule has 0 fully saturated rings. The Balaban J connectivity index is 2.49. The number of hydrogen-bond acceptors (Lipinski definition) is 4. The zero-order valence-corrected chi connectivity index (χ0v) is 18.8. The molecule has 0 radical (unpaired) electrons. The van der Waals surface area contributed by atoms with Crippen molar-refractivity contribution >= 4 is 59.2 Å². The highest BCUT2D eigenvalue weighted by Gasteiger charge is 2.29. The molecule has 1 aromatic heterocycles. The van der Waals surface area contributed by atoms with E-state index in [1.165, 1.54) is 0 Å². The fourth-order valence-electron chi connectivity index (χ4n) is 2.16. The van der Waals surface area contributed by atoms with Crippen molar-refractivity contribution in [3.63, 3.8) is 0 Å². The molecular weight excluding hydrogens is 461 g/mol. The molecule has 1 amide bonds. The van der Waals surface area contributed by atoms with Crippen LogP contribution in [0.1, 0.15) is 12.8 Å². The Hall–Kier alpha value is -1.15. The van der Waals surface area contributed by atoms with Crippen molar-refractivity contribution in [3.05, 3.63) is 28.2 Å². The summed E-state index contributed by atoms with van der Waals surface area (Å²) in [6, 6.07) is 4.82. The molecule has 0 aliphatic heterocycles. The van der Waals surface area contributed by atoms with Crippen molar-refractivity contribution < 1.29 is 18.7 Å². The summed E-state index contributed by atoms with van der Waals surface area (Å²) in [5, 5.41) is 14.9. The van der Waals surface area contributed by atoms with Crippen LogP contribution in [-0.4, -0.2) is 24.7 Å². The van der Waals surface area contributed by atoms with Gasteiger partial charge in [-0.1, -0.05) is 39.1 Å². The van der Waals surface area contributed by atoms with E-state index in [0.717, 1.165) is 0 Å². The van der Waals surface area contributed by atoms with Crippen molar-refractivity contribution in [3.8, 4) is 22.8 Å². The van der Waals surface area contributed by atoms with E-state index in [1.54, 1.807) is 18.2 Å². The van der Waals surface area contributed by atoms with E-state index in [1.807, 2.05) is 19.6 Å². The molecule has 26 heavy (non-hydrogen) atoms. The minimum atomic E-state index is -2.09. The highest BCUT2D eigenvalue weighted by atomic mass is 79.9. The maximum Gasteiger partial charge on any atom is 0.245 e. The Morgan fingerprint density at radius 2 is 2.04 bits per heavy atom. The second-order valence-corrected chi connectivity index (χ2v) is 12.7. The lowest BCUT2D eigenvalue weighted by atomic mass is 10.1. The lowest BCUT2D eigenvalue weighted by Crippen LogP contribution is -2.29. The molecule has 2 rings (SSSR count). The number of hydrogen-bond donors (Lipinski definition) is 2. The van der Waals surface area contributed by atoms with Gasteiger partial charge in [-0.2, -0.15) is 0 Å². The largest absolute Gasteiger partial charge is 0.538 e. The first-order chi connectivity index (χ1) is 12.1. The standard InChI is InChI=1S/C17H20BrCl2NO4Si/c1-26(2,3)25-16-14(23)15(11-9-10(19)6-7-12(11)20)24-17(16)21-13(22)5-4-8-18/h6-7,9,23H,4-5,8H2,1-3H3,(H,21,22). The summed E-state index contributed by atoms with van der Waals surface area (Å²) in [6.45, 7) is 5.88. The van der Waals surface area contributed by atoms with Crippen molar-refractivity contribution in [1.82, 2.24) is 0 Å². The van der Waals surface area contributed by atoms with Crippen LogP contribution in [0.3, 0.4) is 0 Å². The molecule has 0 aliphatic carbocycles. The van der Waals surface area contributed by atoms with Gasteiger partial charge in [0.1, 0.15) is 0 Å². The van der Waals surface area contributed by atoms with Crippen LogP contribution in [0.25, 0.3) is 11.3 Å². The molecule has 0 saturated carbocycles. The molecular formula is C17H20BrCl2NO4Si. The van der Waals surface area contributed by atoms with Crippen molar-refractivity contribution in [2.75, 3.05) is 10.6 Å². The number of nitrogens with one attached hydrogen (secondary N) is 1. The van der Waals surface area contributed by atoms with Gasteiger partial charge in [0.15, 0.2) is 5.76 Å². The summed E-state index contributed by atoms with van der Waals surface area (Å²) in [6.07, 6.45) is 0.988. The Morgan fingerprint density at radius 3 is 2.65 bits per heavy atom. The van der Waals surface area contributed by atoms with Gasteiger partial charge < -0.3 is 13.9 Å². The lowest BCUT2D eigenvalue weighted by Gasteiger charge is -2.18. The summed E-state index contributed by atoms with van der Waals surface area (Å²) in [7, 11) is -2.09. The average molecular weight is 481 g/mol. The van der Waals surface area contributed by atoms with Crippen LogP contribution in [0, 0.1) is 0 Å². The van der Waals surface area contributed by atoms with Gasteiger partial charge in [0, 0.05) is 22.3 Å². The molecule has 0 saturated heterocycles. The molecule has 2 aromatic rings. The van der Waals surface area contributed by atoms with Gasteiger partial charge in [0.25, 0.3) is 0 Å². The number of carbonyl (C=O) groups is 1. The molecule has 1 aromatic carbocycles. The first-order valence-electron chi connectivity index (χ1n) is 7.98. The van der Waals surface area contributed by atoms with Gasteiger partial charge in [-0.05, 0) is 44.3 Å². The quantitative estimate of drug-likeness (QED) is 0.361. The predicted molar refractivity (Wildman–Crippen MR) is 111 cm³/mol. The summed E-state index contributed by atoms with van der Waals surface area (Å²) < 4.78 is 11.7. The number of furan rings is 1. The number of carbonyl (C=O) groups excluding carboxylic acids is 1. The van der Waals surface area contributed by atoms with Gasteiger partial charge in [-0.3, -0.25) is 10.1 Å². The fraction of sp³-hybridized carbons (Fsp3) is 0.353. The van der Waals surface area contributed by atoms with Crippen molar-refractivity contribution in [1.29, 1.82) is 0 Å². The third-order valence-corrected chi connectivity index (χ3v) is 5.15. The van der Waals surface area contributed by atoms with E-state index in [-0.39, 0.29) is 29.1 Å².